The van der Waals surface area contributed by atoms with E-state index in [0.29, 0.717) is 5.38 Å². The first kappa shape index (κ1) is 13.3. The number of alkyl halides is 1. The molecular formula is C13H26ClN. The Morgan fingerprint density at radius 3 is 2.33 bits per heavy atom. The molecule has 0 aromatic rings. The lowest BCUT2D eigenvalue weighted by Crippen LogP contribution is -2.34. The van der Waals surface area contributed by atoms with Crippen molar-refractivity contribution in [2.45, 2.75) is 76.1 Å². The molecule has 0 unspecified atom stereocenters. The van der Waals surface area contributed by atoms with Crippen LogP contribution in [0.4, 0.5) is 0 Å². The smallest absolute Gasteiger partial charge is 0.0337 e. The van der Waals surface area contributed by atoms with Gasteiger partial charge in [-0.25, -0.2) is 0 Å². The molecule has 90 valence electrons. The van der Waals surface area contributed by atoms with Gasteiger partial charge in [0.2, 0.25) is 0 Å². The summed E-state index contributed by atoms with van der Waals surface area (Å²) in [7, 11) is 0. The fourth-order valence-electron chi connectivity index (χ4n) is 2.29. The third kappa shape index (κ3) is 6.42. The van der Waals surface area contributed by atoms with Gasteiger partial charge >= 0.3 is 0 Å². The Labute approximate surface area is 100.0 Å². The van der Waals surface area contributed by atoms with Crippen LogP contribution in [0.1, 0.15) is 64.7 Å². The summed E-state index contributed by atoms with van der Waals surface area (Å²) in [5.41, 5.74) is 0. The van der Waals surface area contributed by atoms with Crippen molar-refractivity contribution < 1.29 is 0 Å². The fourth-order valence-corrected chi connectivity index (χ4v) is 2.54. The summed E-state index contributed by atoms with van der Waals surface area (Å²) in [4.78, 5) is 0. The molecule has 1 aliphatic rings. The largest absolute Gasteiger partial charge is 0.314 e. The molecule has 0 aliphatic heterocycles. The Morgan fingerprint density at radius 2 is 1.67 bits per heavy atom. The molecule has 0 bridgehead atoms. The minimum absolute atomic E-state index is 0.451. The predicted octanol–water partition coefficient (Wildman–Crippen LogP) is 4.10. The Morgan fingerprint density at radius 1 is 1.00 bits per heavy atom. The van der Waals surface area contributed by atoms with Crippen molar-refractivity contribution in [2.24, 2.45) is 0 Å². The lowest BCUT2D eigenvalue weighted by Gasteiger charge is -2.25. The molecule has 1 aliphatic carbocycles. The highest BCUT2D eigenvalue weighted by atomic mass is 35.5. The first-order chi connectivity index (χ1) is 7.33. The topological polar surface area (TPSA) is 12.0 Å². The number of hydrogen-bond acceptors (Lipinski definition) is 1. The van der Waals surface area contributed by atoms with Crippen molar-refractivity contribution in [3.63, 3.8) is 0 Å². The molecular weight excluding hydrogens is 206 g/mol. The van der Waals surface area contributed by atoms with Crippen LogP contribution in [0, 0.1) is 0 Å². The normalized spacial score (nSPS) is 26.8. The number of hydrogen-bond donors (Lipinski definition) is 1. The van der Waals surface area contributed by atoms with Gasteiger partial charge in [0.15, 0.2) is 0 Å². The molecule has 0 amide bonds. The molecule has 1 N–H and O–H groups in total. The summed E-state index contributed by atoms with van der Waals surface area (Å²) in [5, 5.41) is 4.11. The molecule has 15 heavy (non-hydrogen) atoms. The van der Waals surface area contributed by atoms with Gasteiger partial charge in [-0.15, -0.1) is 11.6 Å². The number of nitrogens with one attached hydrogen (secondary N) is 1. The molecule has 2 heteroatoms. The molecule has 0 radical (unpaired) electrons. The molecule has 0 aromatic carbocycles. The maximum atomic E-state index is 6.07. The molecule has 1 fully saturated rings. The zero-order chi connectivity index (χ0) is 10.9. The number of halogens is 1. The highest BCUT2D eigenvalue weighted by Gasteiger charge is 2.18. The number of rotatable bonds is 7. The van der Waals surface area contributed by atoms with Crippen LogP contribution in [-0.4, -0.2) is 18.0 Å². The van der Waals surface area contributed by atoms with Crippen LogP contribution in [0.3, 0.4) is 0 Å². The van der Waals surface area contributed by atoms with E-state index in [9.17, 15) is 0 Å². The summed E-state index contributed by atoms with van der Waals surface area (Å²) in [5.74, 6) is 0. The van der Waals surface area contributed by atoms with Gasteiger partial charge in [-0.05, 0) is 38.6 Å². The second-order valence-electron chi connectivity index (χ2n) is 4.82. The van der Waals surface area contributed by atoms with Gasteiger partial charge in [0.25, 0.3) is 0 Å². The second-order valence-corrected chi connectivity index (χ2v) is 5.43. The first-order valence-corrected chi connectivity index (χ1v) is 7.14. The van der Waals surface area contributed by atoms with Gasteiger partial charge in [-0.1, -0.05) is 32.6 Å². The zero-order valence-electron chi connectivity index (χ0n) is 10.1. The fraction of sp³-hybridized carbons (Fsp3) is 1.00. The lowest BCUT2D eigenvalue weighted by atomic mass is 9.95. The van der Waals surface area contributed by atoms with Crippen LogP contribution in [0.5, 0.6) is 0 Å². The third-order valence-corrected chi connectivity index (χ3v) is 3.81. The minimum Gasteiger partial charge on any atom is -0.314 e. The zero-order valence-corrected chi connectivity index (χ0v) is 10.9. The quantitative estimate of drug-likeness (QED) is 0.514. The predicted molar refractivity (Wildman–Crippen MR) is 68.7 cm³/mol. The van der Waals surface area contributed by atoms with Gasteiger partial charge in [-0.2, -0.15) is 0 Å². The summed E-state index contributed by atoms with van der Waals surface area (Å²) in [6.45, 7) is 3.48. The Hall–Kier alpha value is 0.250. The van der Waals surface area contributed by atoms with E-state index in [1.54, 1.807) is 0 Å². The van der Waals surface area contributed by atoms with Crippen LogP contribution in [0.2, 0.25) is 0 Å². The van der Waals surface area contributed by atoms with E-state index in [2.05, 4.69) is 12.2 Å². The van der Waals surface area contributed by atoms with Crippen molar-refractivity contribution >= 4 is 11.6 Å². The Bertz CT molecular complexity index is 141. The molecule has 0 aromatic heterocycles. The lowest BCUT2D eigenvalue weighted by molar-refractivity contribution is 0.373. The van der Waals surface area contributed by atoms with Gasteiger partial charge in [0.05, 0.1) is 0 Å². The van der Waals surface area contributed by atoms with E-state index in [4.69, 9.17) is 11.6 Å². The van der Waals surface area contributed by atoms with E-state index in [0.717, 1.165) is 6.04 Å². The maximum absolute atomic E-state index is 6.07. The monoisotopic (exact) mass is 231 g/mol. The summed E-state index contributed by atoms with van der Waals surface area (Å²) in [6, 6.07) is 0.756. The van der Waals surface area contributed by atoms with E-state index >= 15 is 0 Å². The van der Waals surface area contributed by atoms with Crippen LogP contribution < -0.4 is 5.32 Å². The van der Waals surface area contributed by atoms with E-state index in [1.807, 2.05) is 0 Å². The molecule has 1 nitrogen and oxygen atoms in total. The van der Waals surface area contributed by atoms with Gasteiger partial charge < -0.3 is 5.32 Å². The summed E-state index contributed by atoms with van der Waals surface area (Å²) in [6.07, 6.45) is 11.9. The molecule has 0 heterocycles. The van der Waals surface area contributed by atoms with E-state index in [1.165, 1.54) is 64.3 Å². The summed E-state index contributed by atoms with van der Waals surface area (Å²) >= 11 is 6.07. The van der Waals surface area contributed by atoms with Crippen molar-refractivity contribution in [3.05, 3.63) is 0 Å². The second kappa shape index (κ2) is 8.41. The highest BCUT2D eigenvalue weighted by Crippen LogP contribution is 2.22. The van der Waals surface area contributed by atoms with Crippen LogP contribution in [0.15, 0.2) is 0 Å². The standard InChI is InChI=1S/C13H26ClN/c1-2-3-4-5-6-11-15-13-9-7-12(14)8-10-13/h12-13,15H,2-11H2,1H3. The first-order valence-electron chi connectivity index (χ1n) is 6.70. The Kier molecular flexibility index (Phi) is 7.46. The molecule has 1 rings (SSSR count). The average Bonchev–Trinajstić information content (AvgIpc) is 2.26. The average molecular weight is 232 g/mol. The third-order valence-electron chi connectivity index (χ3n) is 3.37. The molecule has 1 saturated carbocycles. The van der Waals surface area contributed by atoms with Crippen LogP contribution in [0.25, 0.3) is 0 Å². The van der Waals surface area contributed by atoms with Gasteiger partial charge in [-0.3, -0.25) is 0 Å². The van der Waals surface area contributed by atoms with E-state index in [-0.39, 0.29) is 0 Å². The number of unbranched alkanes of at least 4 members (excludes halogenated alkanes) is 4. The minimum atomic E-state index is 0.451. The maximum Gasteiger partial charge on any atom is 0.0337 e. The molecule has 0 atom stereocenters. The molecule has 0 saturated heterocycles. The Balaban J connectivity index is 1.87. The van der Waals surface area contributed by atoms with Crippen LogP contribution >= 0.6 is 11.6 Å². The van der Waals surface area contributed by atoms with Crippen molar-refractivity contribution in [2.75, 3.05) is 6.54 Å². The van der Waals surface area contributed by atoms with Crippen molar-refractivity contribution in [3.8, 4) is 0 Å². The van der Waals surface area contributed by atoms with Crippen LogP contribution in [-0.2, 0) is 0 Å². The van der Waals surface area contributed by atoms with Crippen molar-refractivity contribution in [1.82, 2.24) is 5.32 Å². The van der Waals surface area contributed by atoms with Gasteiger partial charge in [0, 0.05) is 11.4 Å². The van der Waals surface area contributed by atoms with Crippen molar-refractivity contribution in [1.29, 1.82) is 0 Å². The SMILES string of the molecule is CCCCCCCNC1CCC(Cl)CC1. The molecule has 0 spiro atoms. The van der Waals surface area contributed by atoms with E-state index < -0.39 is 0 Å². The van der Waals surface area contributed by atoms with Gasteiger partial charge in [0.1, 0.15) is 0 Å². The summed E-state index contributed by atoms with van der Waals surface area (Å²) < 4.78 is 0. The highest BCUT2D eigenvalue weighted by molar-refractivity contribution is 6.20.